The standard InChI is InChI=1S/C22H15ClN2O4/c1-28-20-11-13(2-5-19(20)29-22(27)14-6-8-24-9-7-14)10-17-16-12-15(23)3-4-18(16)25-21(17)26/h2-12H,1H3,(H,25,26)/b17-10+. The molecular formula is C22H15ClN2O4. The number of hydrogen-bond acceptors (Lipinski definition) is 5. The van der Waals surface area contributed by atoms with Crippen LogP contribution in [0, 0.1) is 0 Å². The maximum atomic E-state index is 12.3. The maximum absolute atomic E-state index is 12.3. The van der Waals surface area contributed by atoms with Gasteiger partial charge in [-0.3, -0.25) is 9.78 Å². The van der Waals surface area contributed by atoms with Gasteiger partial charge < -0.3 is 14.8 Å². The third kappa shape index (κ3) is 3.83. The Morgan fingerprint density at radius 3 is 2.62 bits per heavy atom. The van der Waals surface area contributed by atoms with Crippen LogP contribution in [0.2, 0.25) is 5.02 Å². The summed E-state index contributed by atoms with van der Waals surface area (Å²) in [6.07, 6.45) is 4.76. The number of ether oxygens (including phenoxy) is 2. The molecule has 0 bridgehead atoms. The number of esters is 1. The molecule has 2 heterocycles. The monoisotopic (exact) mass is 406 g/mol. The second-order valence-electron chi connectivity index (χ2n) is 6.24. The number of carbonyl (C=O) groups is 2. The Balaban J connectivity index is 1.64. The van der Waals surface area contributed by atoms with E-state index >= 15 is 0 Å². The number of halogens is 1. The molecule has 0 saturated carbocycles. The van der Waals surface area contributed by atoms with E-state index in [-0.39, 0.29) is 11.7 Å². The number of rotatable bonds is 4. The fourth-order valence-corrected chi connectivity index (χ4v) is 3.15. The molecule has 1 amide bonds. The molecular weight excluding hydrogens is 392 g/mol. The molecule has 3 aromatic rings. The lowest BCUT2D eigenvalue weighted by molar-refractivity contribution is -0.110. The Hall–Kier alpha value is -3.64. The summed E-state index contributed by atoms with van der Waals surface area (Å²) in [6, 6.07) is 13.4. The van der Waals surface area contributed by atoms with Gasteiger partial charge >= 0.3 is 5.97 Å². The largest absolute Gasteiger partial charge is 0.493 e. The SMILES string of the molecule is COc1cc(/C=C2/C(=O)Nc3ccc(Cl)cc32)ccc1OC(=O)c1ccncc1. The third-order valence-corrected chi connectivity index (χ3v) is 4.62. The molecule has 1 N–H and O–H groups in total. The number of nitrogens with one attached hydrogen (secondary N) is 1. The lowest BCUT2D eigenvalue weighted by atomic mass is 10.0. The number of amides is 1. The van der Waals surface area contributed by atoms with Gasteiger partial charge in [-0.1, -0.05) is 17.7 Å². The van der Waals surface area contributed by atoms with Crippen molar-refractivity contribution in [1.82, 2.24) is 4.98 Å². The summed E-state index contributed by atoms with van der Waals surface area (Å²) in [5, 5.41) is 3.35. The number of benzene rings is 2. The molecule has 0 saturated heterocycles. The molecule has 1 aliphatic rings. The van der Waals surface area contributed by atoms with E-state index in [1.54, 1.807) is 54.6 Å². The Kier molecular flexibility index (Phi) is 5.01. The molecule has 144 valence electrons. The normalized spacial score (nSPS) is 13.7. The number of aromatic nitrogens is 1. The Bertz CT molecular complexity index is 1140. The summed E-state index contributed by atoms with van der Waals surface area (Å²) in [7, 11) is 1.48. The molecule has 6 nitrogen and oxygen atoms in total. The molecule has 2 aromatic carbocycles. The van der Waals surface area contributed by atoms with E-state index in [4.69, 9.17) is 21.1 Å². The molecule has 4 rings (SSSR count). The lowest BCUT2D eigenvalue weighted by Gasteiger charge is -2.10. The summed E-state index contributed by atoms with van der Waals surface area (Å²) in [6.45, 7) is 0. The van der Waals surface area contributed by atoms with Gasteiger partial charge in [0, 0.05) is 34.2 Å². The second-order valence-corrected chi connectivity index (χ2v) is 6.67. The first-order chi connectivity index (χ1) is 14.0. The van der Waals surface area contributed by atoms with Crippen molar-refractivity contribution >= 4 is 40.8 Å². The van der Waals surface area contributed by atoms with Crippen LogP contribution in [0.4, 0.5) is 5.69 Å². The lowest BCUT2D eigenvalue weighted by Crippen LogP contribution is -2.09. The summed E-state index contributed by atoms with van der Waals surface area (Å²) < 4.78 is 10.8. The zero-order chi connectivity index (χ0) is 20.4. The van der Waals surface area contributed by atoms with Gasteiger partial charge in [-0.25, -0.2) is 4.79 Å². The number of nitrogens with zero attached hydrogens (tertiary/aromatic N) is 1. The molecule has 0 atom stereocenters. The van der Waals surface area contributed by atoms with E-state index in [9.17, 15) is 9.59 Å². The van der Waals surface area contributed by atoms with E-state index in [0.29, 0.717) is 33.2 Å². The van der Waals surface area contributed by atoms with Crippen LogP contribution in [0.25, 0.3) is 11.6 Å². The van der Waals surface area contributed by atoms with Crippen molar-refractivity contribution in [2.45, 2.75) is 0 Å². The number of pyridine rings is 1. The zero-order valence-electron chi connectivity index (χ0n) is 15.3. The van der Waals surface area contributed by atoms with Gasteiger partial charge in [0.25, 0.3) is 5.91 Å². The Labute approximate surface area is 171 Å². The first-order valence-corrected chi connectivity index (χ1v) is 9.06. The fourth-order valence-electron chi connectivity index (χ4n) is 2.98. The number of hydrogen-bond donors (Lipinski definition) is 1. The minimum atomic E-state index is -0.518. The average molecular weight is 407 g/mol. The van der Waals surface area contributed by atoms with Gasteiger partial charge in [-0.05, 0) is 54.1 Å². The summed E-state index contributed by atoms with van der Waals surface area (Å²) in [5.74, 6) is -0.0905. The van der Waals surface area contributed by atoms with Crippen molar-refractivity contribution < 1.29 is 19.1 Å². The number of anilines is 1. The van der Waals surface area contributed by atoms with E-state index in [0.717, 1.165) is 5.56 Å². The first-order valence-electron chi connectivity index (χ1n) is 8.68. The van der Waals surface area contributed by atoms with Gasteiger partial charge in [0.1, 0.15) is 0 Å². The maximum Gasteiger partial charge on any atom is 0.343 e. The van der Waals surface area contributed by atoms with E-state index in [1.165, 1.54) is 19.5 Å². The highest BCUT2D eigenvalue weighted by Crippen LogP contribution is 2.36. The van der Waals surface area contributed by atoms with Crippen molar-refractivity contribution in [3.8, 4) is 11.5 Å². The fraction of sp³-hybridized carbons (Fsp3) is 0.0455. The van der Waals surface area contributed by atoms with Gasteiger partial charge in [-0.2, -0.15) is 0 Å². The predicted octanol–water partition coefficient (Wildman–Crippen LogP) is 4.46. The van der Waals surface area contributed by atoms with Crippen molar-refractivity contribution in [3.63, 3.8) is 0 Å². The summed E-state index contributed by atoms with van der Waals surface area (Å²) in [4.78, 5) is 28.5. The van der Waals surface area contributed by atoms with Crippen LogP contribution in [0.3, 0.4) is 0 Å². The summed E-state index contributed by atoms with van der Waals surface area (Å²) in [5.41, 5.74) is 3.02. The van der Waals surface area contributed by atoms with Crippen molar-refractivity contribution in [1.29, 1.82) is 0 Å². The van der Waals surface area contributed by atoms with Crippen LogP contribution in [0.5, 0.6) is 11.5 Å². The van der Waals surface area contributed by atoms with Crippen LogP contribution in [-0.4, -0.2) is 24.0 Å². The van der Waals surface area contributed by atoms with Crippen LogP contribution in [-0.2, 0) is 4.79 Å². The molecule has 29 heavy (non-hydrogen) atoms. The van der Waals surface area contributed by atoms with Crippen molar-refractivity contribution in [3.05, 3.63) is 82.6 Å². The second kappa shape index (κ2) is 7.77. The molecule has 0 aliphatic carbocycles. The van der Waals surface area contributed by atoms with Gasteiger partial charge in [0.05, 0.1) is 12.7 Å². The first kappa shape index (κ1) is 18.7. The molecule has 7 heteroatoms. The predicted molar refractivity (Wildman–Crippen MR) is 110 cm³/mol. The number of fused-ring (bicyclic) bond motifs is 1. The molecule has 0 fully saturated rings. The molecule has 0 unspecified atom stereocenters. The van der Waals surface area contributed by atoms with Crippen molar-refractivity contribution in [2.24, 2.45) is 0 Å². The Morgan fingerprint density at radius 2 is 1.86 bits per heavy atom. The number of carbonyl (C=O) groups excluding carboxylic acids is 2. The minimum absolute atomic E-state index is 0.213. The van der Waals surface area contributed by atoms with Crippen LogP contribution < -0.4 is 14.8 Å². The highest BCUT2D eigenvalue weighted by Gasteiger charge is 2.24. The average Bonchev–Trinajstić information content (AvgIpc) is 3.04. The van der Waals surface area contributed by atoms with Gasteiger partial charge in [0.2, 0.25) is 0 Å². The smallest absolute Gasteiger partial charge is 0.343 e. The van der Waals surface area contributed by atoms with E-state index < -0.39 is 5.97 Å². The van der Waals surface area contributed by atoms with Crippen LogP contribution in [0.15, 0.2) is 60.9 Å². The highest BCUT2D eigenvalue weighted by molar-refractivity contribution is 6.36. The third-order valence-electron chi connectivity index (χ3n) is 4.38. The van der Waals surface area contributed by atoms with Gasteiger partial charge in [-0.15, -0.1) is 0 Å². The zero-order valence-corrected chi connectivity index (χ0v) is 16.1. The van der Waals surface area contributed by atoms with E-state index in [1.807, 2.05) is 0 Å². The Morgan fingerprint density at radius 1 is 1.07 bits per heavy atom. The molecule has 1 aliphatic heterocycles. The van der Waals surface area contributed by atoms with Crippen molar-refractivity contribution in [2.75, 3.05) is 12.4 Å². The molecule has 0 radical (unpaired) electrons. The number of methoxy groups -OCH3 is 1. The highest BCUT2D eigenvalue weighted by atomic mass is 35.5. The van der Waals surface area contributed by atoms with Crippen LogP contribution >= 0.6 is 11.6 Å². The minimum Gasteiger partial charge on any atom is -0.493 e. The van der Waals surface area contributed by atoms with Gasteiger partial charge in [0.15, 0.2) is 11.5 Å². The van der Waals surface area contributed by atoms with Crippen LogP contribution in [0.1, 0.15) is 21.5 Å². The quantitative estimate of drug-likeness (QED) is 0.393. The molecule has 0 spiro atoms. The topological polar surface area (TPSA) is 77.5 Å². The van der Waals surface area contributed by atoms with E-state index in [2.05, 4.69) is 10.3 Å². The summed E-state index contributed by atoms with van der Waals surface area (Å²) >= 11 is 6.07. The molecule has 1 aromatic heterocycles.